The lowest BCUT2D eigenvalue weighted by molar-refractivity contribution is -0.153. The van der Waals surface area contributed by atoms with Gasteiger partial charge in [0.1, 0.15) is 12.2 Å². The van der Waals surface area contributed by atoms with Gasteiger partial charge in [0, 0.05) is 34.1 Å². The second-order valence-electron chi connectivity index (χ2n) is 8.93. The molecular formula is C29H36O10. The van der Waals surface area contributed by atoms with Crippen LogP contribution in [-0.2, 0) is 41.5 Å². The highest BCUT2D eigenvalue weighted by atomic mass is 16.6. The second kappa shape index (κ2) is 15.4. The normalized spacial score (nSPS) is 12.1. The van der Waals surface area contributed by atoms with Crippen LogP contribution in [-0.4, -0.2) is 50.3 Å². The maximum Gasteiger partial charge on any atom is 0.308 e. The fourth-order valence-corrected chi connectivity index (χ4v) is 4.08. The van der Waals surface area contributed by atoms with Gasteiger partial charge in [0.15, 0.2) is 23.0 Å². The minimum atomic E-state index is -0.508. The molecule has 2 atom stereocenters. The van der Waals surface area contributed by atoms with E-state index < -0.39 is 36.1 Å². The average Bonchev–Trinajstić information content (AvgIpc) is 2.85. The summed E-state index contributed by atoms with van der Waals surface area (Å²) in [4.78, 5) is 46.3. The van der Waals surface area contributed by atoms with E-state index in [9.17, 15) is 19.2 Å². The molecule has 10 nitrogen and oxygen atoms in total. The average molecular weight is 545 g/mol. The van der Waals surface area contributed by atoms with Gasteiger partial charge in [-0.3, -0.25) is 19.2 Å². The molecule has 0 bridgehead atoms. The smallest absolute Gasteiger partial charge is 0.308 e. The number of ether oxygens (including phenoxy) is 6. The SMILES string of the molecule is COc1cc(CC[C@H](C[C@H](CCc2ccc(OC(C)=O)c(OC)c2)OC(C)=O)OC(C)=O)ccc1OC(C)=O. The van der Waals surface area contributed by atoms with E-state index in [1.54, 1.807) is 24.3 Å². The quantitative estimate of drug-likeness (QED) is 0.250. The van der Waals surface area contributed by atoms with Gasteiger partial charge in [-0.05, 0) is 61.1 Å². The Morgan fingerprint density at radius 2 is 0.974 bits per heavy atom. The number of aryl methyl sites for hydroxylation is 2. The van der Waals surface area contributed by atoms with Gasteiger partial charge in [-0.25, -0.2) is 0 Å². The highest BCUT2D eigenvalue weighted by Crippen LogP contribution is 2.30. The van der Waals surface area contributed by atoms with Crippen molar-refractivity contribution in [2.24, 2.45) is 0 Å². The Labute approximate surface area is 228 Å². The van der Waals surface area contributed by atoms with Gasteiger partial charge in [0.2, 0.25) is 0 Å². The molecule has 0 saturated heterocycles. The van der Waals surface area contributed by atoms with Crippen LogP contribution in [0.15, 0.2) is 36.4 Å². The number of rotatable bonds is 14. The summed E-state index contributed by atoms with van der Waals surface area (Å²) < 4.78 is 32.1. The molecule has 2 aromatic rings. The second-order valence-corrected chi connectivity index (χ2v) is 8.93. The fourth-order valence-electron chi connectivity index (χ4n) is 4.08. The molecule has 2 rings (SSSR count). The number of carbonyl (C=O) groups is 4. The molecule has 2 aromatic carbocycles. The Hall–Kier alpha value is -4.08. The maximum absolute atomic E-state index is 11.8. The van der Waals surface area contributed by atoms with Gasteiger partial charge < -0.3 is 28.4 Å². The topological polar surface area (TPSA) is 124 Å². The van der Waals surface area contributed by atoms with E-state index in [0.717, 1.165) is 11.1 Å². The first-order valence-electron chi connectivity index (χ1n) is 12.6. The molecule has 0 unspecified atom stereocenters. The Kier molecular flexibility index (Phi) is 12.3. The lowest BCUT2D eigenvalue weighted by Crippen LogP contribution is -2.27. The first kappa shape index (κ1) is 31.1. The van der Waals surface area contributed by atoms with Crippen LogP contribution in [0.3, 0.4) is 0 Å². The predicted molar refractivity (Wildman–Crippen MR) is 141 cm³/mol. The van der Waals surface area contributed by atoms with Gasteiger partial charge in [0.25, 0.3) is 0 Å². The summed E-state index contributed by atoms with van der Waals surface area (Å²) in [5.74, 6) is -0.308. The van der Waals surface area contributed by atoms with E-state index in [1.807, 2.05) is 12.1 Å². The first-order chi connectivity index (χ1) is 18.5. The van der Waals surface area contributed by atoms with Crippen LogP contribution >= 0.6 is 0 Å². The molecular weight excluding hydrogens is 508 g/mol. The number of hydrogen-bond donors (Lipinski definition) is 0. The van der Waals surface area contributed by atoms with Gasteiger partial charge in [-0.1, -0.05) is 12.1 Å². The summed E-state index contributed by atoms with van der Waals surface area (Å²) in [5.41, 5.74) is 1.79. The molecule has 0 aromatic heterocycles. The van der Waals surface area contributed by atoms with E-state index in [2.05, 4.69) is 0 Å². The number of esters is 4. The van der Waals surface area contributed by atoms with Crippen LogP contribution in [0.2, 0.25) is 0 Å². The Morgan fingerprint density at radius 1 is 0.590 bits per heavy atom. The molecule has 39 heavy (non-hydrogen) atoms. The van der Waals surface area contributed by atoms with Crippen LogP contribution in [0.4, 0.5) is 0 Å². The molecule has 0 radical (unpaired) electrons. The molecule has 0 N–H and O–H groups in total. The van der Waals surface area contributed by atoms with Gasteiger partial charge >= 0.3 is 23.9 Å². The Bertz CT molecular complexity index is 1070. The van der Waals surface area contributed by atoms with Crippen molar-refractivity contribution in [2.75, 3.05) is 14.2 Å². The lowest BCUT2D eigenvalue weighted by atomic mass is 9.98. The summed E-state index contributed by atoms with van der Waals surface area (Å²) in [6, 6.07) is 10.4. The van der Waals surface area contributed by atoms with E-state index in [1.165, 1.54) is 41.9 Å². The highest BCUT2D eigenvalue weighted by molar-refractivity contribution is 5.71. The Morgan fingerprint density at radius 3 is 1.28 bits per heavy atom. The van der Waals surface area contributed by atoms with Crippen molar-refractivity contribution in [3.05, 3.63) is 47.5 Å². The van der Waals surface area contributed by atoms with Gasteiger partial charge in [-0.2, -0.15) is 0 Å². The van der Waals surface area contributed by atoms with Crippen LogP contribution in [0, 0.1) is 0 Å². The zero-order valence-electron chi connectivity index (χ0n) is 23.2. The minimum absolute atomic E-state index is 0.310. The van der Waals surface area contributed by atoms with Crippen molar-refractivity contribution >= 4 is 23.9 Å². The summed E-state index contributed by atoms with van der Waals surface area (Å²) in [6.45, 7) is 5.29. The third-order valence-corrected chi connectivity index (χ3v) is 5.66. The molecule has 0 aliphatic heterocycles. The molecule has 0 fully saturated rings. The monoisotopic (exact) mass is 544 g/mol. The van der Waals surface area contributed by atoms with Crippen LogP contribution in [0.1, 0.15) is 58.1 Å². The molecule has 0 amide bonds. The standard InChI is InChI=1S/C29H36O10/c1-18(30)36-24(11-7-22-9-13-26(38-20(3)32)28(15-22)34-5)17-25(37-19(2)31)12-8-23-10-14-27(39-21(4)33)29(16-23)35-6/h9-10,13-16,24-25H,7-8,11-12,17H2,1-6H3/t24-,25+. The maximum atomic E-state index is 11.8. The molecule has 0 saturated carbocycles. The zero-order chi connectivity index (χ0) is 28.9. The van der Waals surface area contributed by atoms with E-state index in [0.29, 0.717) is 55.1 Å². The fraction of sp³-hybridized carbons (Fsp3) is 0.448. The van der Waals surface area contributed by atoms with Crippen molar-refractivity contribution < 1.29 is 47.6 Å². The predicted octanol–water partition coefficient (Wildman–Crippen LogP) is 4.37. The van der Waals surface area contributed by atoms with Crippen molar-refractivity contribution in [1.29, 1.82) is 0 Å². The molecule has 0 heterocycles. The Balaban J connectivity index is 2.11. The third-order valence-electron chi connectivity index (χ3n) is 5.66. The minimum Gasteiger partial charge on any atom is -0.493 e. The number of methoxy groups -OCH3 is 2. The van der Waals surface area contributed by atoms with Crippen molar-refractivity contribution in [2.45, 2.75) is 72.0 Å². The van der Waals surface area contributed by atoms with Gasteiger partial charge in [0.05, 0.1) is 14.2 Å². The largest absolute Gasteiger partial charge is 0.493 e. The first-order valence-corrected chi connectivity index (χ1v) is 12.6. The van der Waals surface area contributed by atoms with Gasteiger partial charge in [-0.15, -0.1) is 0 Å². The molecule has 0 spiro atoms. The van der Waals surface area contributed by atoms with Crippen LogP contribution < -0.4 is 18.9 Å². The van der Waals surface area contributed by atoms with Crippen molar-refractivity contribution in [1.82, 2.24) is 0 Å². The third kappa shape index (κ3) is 11.1. The summed E-state index contributed by atoms with van der Waals surface area (Å²) in [7, 11) is 2.97. The number of carbonyl (C=O) groups excluding carboxylic acids is 4. The lowest BCUT2D eigenvalue weighted by Gasteiger charge is -2.24. The van der Waals surface area contributed by atoms with Crippen LogP contribution in [0.25, 0.3) is 0 Å². The van der Waals surface area contributed by atoms with E-state index in [-0.39, 0.29) is 0 Å². The molecule has 0 aliphatic rings. The van der Waals surface area contributed by atoms with Crippen molar-refractivity contribution in [3.8, 4) is 23.0 Å². The van der Waals surface area contributed by atoms with E-state index in [4.69, 9.17) is 28.4 Å². The van der Waals surface area contributed by atoms with E-state index >= 15 is 0 Å². The number of hydrogen-bond acceptors (Lipinski definition) is 10. The summed E-state index contributed by atoms with van der Waals surface area (Å²) >= 11 is 0. The summed E-state index contributed by atoms with van der Waals surface area (Å²) in [5, 5.41) is 0. The summed E-state index contributed by atoms with van der Waals surface area (Å²) in [6.07, 6.45) is 1.31. The molecule has 212 valence electrons. The molecule has 0 aliphatic carbocycles. The van der Waals surface area contributed by atoms with Crippen molar-refractivity contribution in [3.63, 3.8) is 0 Å². The van der Waals surface area contributed by atoms with Crippen LogP contribution in [0.5, 0.6) is 23.0 Å². The highest BCUT2D eigenvalue weighted by Gasteiger charge is 2.22. The molecule has 10 heteroatoms. The zero-order valence-corrected chi connectivity index (χ0v) is 23.2. The number of benzene rings is 2.